The van der Waals surface area contributed by atoms with Gasteiger partial charge in [0.15, 0.2) is 0 Å². The van der Waals surface area contributed by atoms with Gasteiger partial charge in [0.2, 0.25) is 0 Å². The smallest absolute Gasteiger partial charge is 0.125 e. The van der Waals surface area contributed by atoms with E-state index in [0.29, 0.717) is 21.7 Å². The Hall–Kier alpha value is -1.26. The van der Waals surface area contributed by atoms with Crippen LogP contribution in [-0.2, 0) is 13.0 Å². The minimum atomic E-state index is -0.351. The lowest BCUT2D eigenvalue weighted by Crippen LogP contribution is -2.15. The first kappa shape index (κ1) is 14.7. The fourth-order valence-electron chi connectivity index (χ4n) is 2.62. The number of benzene rings is 2. The van der Waals surface area contributed by atoms with Gasteiger partial charge < -0.3 is 10.6 Å². The molecule has 0 saturated heterocycles. The molecule has 1 heterocycles. The van der Waals surface area contributed by atoms with Gasteiger partial charge in [0, 0.05) is 23.2 Å². The van der Waals surface area contributed by atoms with E-state index in [1.807, 2.05) is 0 Å². The maximum Gasteiger partial charge on any atom is 0.125 e. The zero-order chi connectivity index (χ0) is 14.8. The fraction of sp³-hybridized carbons (Fsp3) is 0.250. The van der Waals surface area contributed by atoms with E-state index in [1.165, 1.54) is 35.4 Å². The standard InChI is InChI=1S/C16H15BrClFN2/c17-13-7-12(19)8-14(18)16(13)21-9-11-4-1-3-10-5-2-6-20-15(10)11/h1,3-4,7-8,20-21H,2,5-6,9H2. The first-order chi connectivity index (χ1) is 10.1. The molecule has 0 bridgehead atoms. The normalized spacial score (nSPS) is 13.5. The molecular formula is C16H15BrClFN2. The van der Waals surface area contributed by atoms with Crippen molar-refractivity contribution in [2.45, 2.75) is 19.4 Å². The molecule has 2 nitrogen and oxygen atoms in total. The lowest BCUT2D eigenvalue weighted by molar-refractivity contribution is 0.627. The Balaban J connectivity index is 1.83. The molecule has 21 heavy (non-hydrogen) atoms. The second kappa shape index (κ2) is 6.24. The summed E-state index contributed by atoms with van der Waals surface area (Å²) in [6.45, 7) is 1.64. The lowest BCUT2D eigenvalue weighted by Gasteiger charge is -2.22. The van der Waals surface area contributed by atoms with Gasteiger partial charge in [-0.25, -0.2) is 4.39 Å². The van der Waals surface area contributed by atoms with Crippen LogP contribution in [-0.4, -0.2) is 6.54 Å². The highest BCUT2D eigenvalue weighted by Crippen LogP contribution is 2.33. The van der Waals surface area contributed by atoms with Crippen LogP contribution in [0.25, 0.3) is 0 Å². The van der Waals surface area contributed by atoms with Crippen molar-refractivity contribution in [2.75, 3.05) is 17.2 Å². The molecule has 0 saturated carbocycles. The summed E-state index contributed by atoms with van der Waals surface area (Å²) in [5, 5.41) is 7.13. The van der Waals surface area contributed by atoms with Crippen molar-refractivity contribution in [3.8, 4) is 0 Å². The molecule has 1 aliphatic heterocycles. The third-order valence-corrected chi connectivity index (χ3v) is 4.55. The van der Waals surface area contributed by atoms with Crippen molar-refractivity contribution in [3.05, 3.63) is 56.8 Å². The Morgan fingerprint density at radius 3 is 3.00 bits per heavy atom. The first-order valence-corrected chi connectivity index (χ1v) is 8.05. The molecule has 0 spiro atoms. The van der Waals surface area contributed by atoms with E-state index in [1.54, 1.807) is 0 Å². The van der Waals surface area contributed by atoms with Gasteiger partial charge in [0.05, 0.1) is 10.7 Å². The number of hydrogen-bond donors (Lipinski definition) is 2. The molecular weight excluding hydrogens is 355 g/mol. The van der Waals surface area contributed by atoms with Crippen molar-refractivity contribution < 1.29 is 4.39 Å². The minimum absolute atomic E-state index is 0.351. The molecule has 0 radical (unpaired) electrons. The van der Waals surface area contributed by atoms with E-state index in [2.05, 4.69) is 44.8 Å². The molecule has 0 atom stereocenters. The highest BCUT2D eigenvalue weighted by Gasteiger charge is 2.13. The summed E-state index contributed by atoms with van der Waals surface area (Å²) in [5.41, 5.74) is 4.47. The molecule has 0 amide bonds. The summed E-state index contributed by atoms with van der Waals surface area (Å²) in [5.74, 6) is -0.351. The van der Waals surface area contributed by atoms with Crippen molar-refractivity contribution in [3.63, 3.8) is 0 Å². The zero-order valence-corrected chi connectivity index (χ0v) is 13.7. The number of anilines is 2. The van der Waals surface area contributed by atoms with Crippen LogP contribution in [0.5, 0.6) is 0 Å². The predicted molar refractivity (Wildman–Crippen MR) is 89.7 cm³/mol. The summed E-state index contributed by atoms with van der Waals surface area (Å²) in [6, 6.07) is 9.05. The topological polar surface area (TPSA) is 24.1 Å². The summed E-state index contributed by atoms with van der Waals surface area (Å²) < 4.78 is 13.9. The quantitative estimate of drug-likeness (QED) is 0.776. The molecule has 1 aliphatic rings. The highest BCUT2D eigenvalue weighted by atomic mass is 79.9. The van der Waals surface area contributed by atoms with Crippen LogP contribution >= 0.6 is 27.5 Å². The number of halogens is 3. The molecule has 2 N–H and O–H groups in total. The van der Waals surface area contributed by atoms with E-state index in [4.69, 9.17) is 11.6 Å². The van der Waals surface area contributed by atoms with Gasteiger partial charge in [-0.3, -0.25) is 0 Å². The summed E-state index contributed by atoms with van der Waals surface area (Å²) in [7, 11) is 0. The Labute approximate surface area is 136 Å². The first-order valence-electron chi connectivity index (χ1n) is 6.88. The molecule has 2 aromatic carbocycles. The van der Waals surface area contributed by atoms with Gasteiger partial charge in [-0.15, -0.1) is 0 Å². The number of hydrogen-bond acceptors (Lipinski definition) is 2. The fourth-order valence-corrected chi connectivity index (χ4v) is 3.58. The van der Waals surface area contributed by atoms with Crippen LogP contribution in [0.4, 0.5) is 15.8 Å². The van der Waals surface area contributed by atoms with Crippen LogP contribution in [0.3, 0.4) is 0 Å². The Kier molecular flexibility index (Phi) is 4.36. The van der Waals surface area contributed by atoms with Crippen molar-refractivity contribution in [1.29, 1.82) is 0 Å². The van der Waals surface area contributed by atoms with Crippen LogP contribution < -0.4 is 10.6 Å². The molecule has 0 unspecified atom stereocenters. The number of nitrogens with one attached hydrogen (secondary N) is 2. The van der Waals surface area contributed by atoms with Crippen molar-refractivity contribution >= 4 is 38.9 Å². The number of rotatable bonds is 3. The molecule has 5 heteroatoms. The van der Waals surface area contributed by atoms with Crippen molar-refractivity contribution in [1.82, 2.24) is 0 Å². The van der Waals surface area contributed by atoms with E-state index >= 15 is 0 Å². The third kappa shape index (κ3) is 3.16. The monoisotopic (exact) mass is 368 g/mol. The van der Waals surface area contributed by atoms with Crippen LogP contribution in [0.15, 0.2) is 34.8 Å². The maximum atomic E-state index is 13.2. The SMILES string of the molecule is Fc1cc(Cl)c(NCc2cccc3c2NCCC3)c(Br)c1. The van der Waals surface area contributed by atoms with Crippen LogP contribution in [0.2, 0.25) is 5.02 Å². The van der Waals surface area contributed by atoms with Crippen LogP contribution in [0, 0.1) is 5.82 Å². The number of fused-ring (bicyclic) bond motifs is 1. The second-order valence-electron chi connectivity index (χ2n) is 5.08. The van der Waals surface area contributed by atoms with Crippen LogP contribution in [0.1, 0.15) is 17.5 Å². The van der Waals surface area contributed by atoms with E-state index in [9.17, 15) is 4.39 Å². The third-order valence-electron chi connectivity index (χ3n) is 3.62. The average molecular weight is 370 g/mol. The summed E-state index contributed by atoms with van der Waals surface area (Å²) >= 11 is 9.44. The Bertz CT molecular complexity index is 652. The van der Waals surface area contributed by atoms with E-state index in [-0.39, 0.29) is 5.82 Å². The molecule has 3 rings (SSSR count). The lowest BCUT2D eigenvalue weighted by atomic mass is 9.99. The van der Waals surface area contributed by atoms with Gasteiger partial charge in [-0.2, -0.15) is 0 Å². The Morgan fingerprint density at radius 1 is 1.33 bits per heavy atom. The van der Waals surface area contributed by atoms with E-state index in [0.717, 1.165) is 13.0 Å². The average Bonchev–Trinajstić information content (AvgIpc) is 2.46. The molecule has 2 aromatic rings. The predicted octanol–water partition coefficient (Wildman–Crippen LogP) is 5.21. The molecule has 0 aromatic heterocycles. The summed E-state index contributed by atoms with van der Waals surface area (Å²) in [4.78, 5) is 0. The Morgan fingerprint density at radius 2 is 2.19 bits per heavy atom. The number of aryl methyl sites for hydroxylation is 1. The molecule has 0 aliphatic carbocycles. The van der Waals surface area contributed by atoms with E-state index < -0.39 is 0 Å². The van der Waals surface area contributed by atoms with Gasteiger partial charge in [-0.1, -0.05) is 29.8 Å². The number of para-hydroxylation sites is 1. The van der Waals surface area contributed by atoms with Gasteiger partial charge in [-0.05, 0) is 52.0 Å². The highest BCUT2D eigenvalue weighted by molar-refractivity contribution is 9.10. The maximum absolute atomic E-state index is 13.2. The van der Waals surface area contributed by atoms with Gasteiger partial charge in [0.25, 0.3) is 0 Å². The second-order valence-corrected chi connectivity index (χ2v) is 6.34. The van der Waals surface area contributed by atoms with Crippen molar-refractivity contribution in [2.24, 2.45) is 0 Å². The largest absolute Gasteiger partial charge is 0.385 e. The van der Waals surface area contributed by atoms with Gasteiger partial charge >= 0.3 is 0 Å². The molecule has 0 fully saturated rings. The molecule has 110 valence electrons. The summed E-state index contributed by atoms with van der Waals surface area (Å²) in [6.07, 6.45) is 2.27. The zero-order valence-electron chi connectivity index (χ0n) is 11.3. The van der Waals surface area contributed by atoms with Gasteiger partial charge in [0.1, 0.15) is 5.82 Å². The minimum Gasteiger partial charge on any atom is -0.385 e.